The van der Waals surface area contributed by atoms with Gasteiger partial charge in [0.25, 0.3) is 5.91 Å². The first kappa shape index (κ1) is 76.7. The molecule has 0 unspecified atom stereocenters. The molecule has 0 saturated heterocycles. The Morgan fingerprint density at radius 2 is 1.21 bits per heavy atom. The molecule has 5 aromatic carbocycles. The van der Waals surface area contributed by atoms with Gasteiger partial charge in [0.15, 0.2) is 17.3 Å². The Kier molecular flexibility index (Phi) is 29.9. The van der Waals surface area contributed by atoms with Crippen molar-refractivity contribution in [1.29, 1.82) is 0 Å². The van der Waals surface area contributed by atoms with Crippen molar-refractivity contribution in [2.24, 2.45) is 29.4 Å². The minimum Gasteiger partial charge on any atom is -0.481 e. The first-order valence-corrected chi connectivity index (χ1v) is 34.2. The number of para-hydroxylation sites is 1. The number of H-pyrrole nitrogens is 1. The number of sulfonamides is 1. The topological polar surface area (TPSA) is 402 Å². The summed E-state index contributed by atoms with van der Waals surface area (Å²) in [4.78, 5) is 161. The minimum absolute atomic E-state index is 0.0533. The van der Waals surface area contributed by atoms with E-state index in [2.05, 4.69) is 46.9 Å². The number of aromatic nitrogens is 1. The molecule has 0 spiro atoms. The number of nitrogens with one attached hydrogen (secondary N) is 6. The number of ketones is 4. The van der Waals surface area contributed by atoms with Gasteiger partial charge < -0.3 is 47.3 Å². The van der Waals surface area contributed by atoms with Gasteiger partial charge >= 0.3 is 17.9 Å². The normalized spacial score (nSPS) is 13.3. The molecule has 518 valence electrons. The molecule has 5 amide bonds. The molecule has 27 heteroatoms. The third-order valence-corrected chi connectivity index (χ3v) is 18.7. The van der Waals surface area contributed by atoms with Crippen molar-refractivity contribution in [3.63, 3.8) is 0 Å². The van der Waals surface area contributed by atoms with Crippen LogP contribution in [0.1, 0.15) is 130 Å². The third-order valence-electron chi connectivity index (χ3n) is 16.6. The summed E-state index contributed by atoms with van der Waals surface area (Å²) >= 11 is 3.23. The number of rotatable bonds is 44. The van der Waals surface area contributed by atoms with Crippen molar-refractivity contribution < 1.29 is 85.7 Å². The number of Topliss-reactive ketones (excluding diaryl/α,β-unsaturated/α-hetero) is 4. The van der Waals surface area contributed by atoms with Crippen LogP contribution in [0.4, 0.5) is 4.39 Å². The van der Waals surface area contributed by atoms with Crippen molar-refractivity contribution in [1.82, 2.24) is 31.0 Å². The van der Waals surface area contributed by atoms with Crippen LogP contribution < -0.4 is 31.7 Å². The summed E-state index contributed by atoms with van der Waals surface area (Å²) in [7, 11) is -4.54. The van der Waals surface area contributed by atoms with Crippen molar-refractivity contribution in [3.05, 3.63) is 148 Å². The van der Waals surface area contributed by atoms with Crippen LogP contribution in [-0.4, -0.2) is 131 Å². The van der Waals surface area contributed by atoms with Crippen LogP contribution in [0.15, 0.2) is 125 Å². The average Bonchev–Trinajstić information content (AvgIpc) is 1.83. The van der Waals surface area contributed by atoms with Gasteiger partial charge in [0, 0.05) is 115 Å². The van der Waals surface area contributed by atoms with E-state index in [0.29, 0.717) is 71.6 Å². The second-order valence-corrected chi connectivity index (χ2v) is 26.8. The van der Waals surface area contributed by atoms with Gasteiger partial charge in [0.1, 0.15) is 11.6 Å². The lowest BCUT2D eigenvalue weighted by Gasteiger charge is -2.24. The standard InChI is InChI=1S/C70H81BrFN7O17S/c1-42-30-52(71)24-25-62(42)97(95,96)79-59(39-65(88)89)61(83)38-49(23-27-64(86)87)69(93)77-41-55(81)35-50(31-43-12-11-16-53(72)32-43)70(94)78-58(36-51-40-76-57-19-7-6-18-56(51)57)60(82)37-48(22-26-63(84)85)68(92)74-28-9-2-3-17-54(80)34-46(66(73)90)15-8-10-29-75-67(91)47-21-20-44-13-4-5-14-45(44)33-47/h4-7,11-14,16,18-21,24-25,30,32-33,40,46,48-50,58-59,76,79H,2-3,8-10,15,17,22-23,26-29,31,34-39,41H2,1H3,(H2,73,90)(H,74,92)(H,75,91)(H,77,93)(H,78,94)(H,84,85)(H,86,87)(H,88,89)/t46-,48-,49-,50-,58+,59-/m1/s1. The van der Waals surface area contributed by atoms with E-state index in [4.69, 9.17) is 5.73 Å². The maximum atomic E-state index is 14.7. The van der Waals surface area contributed by atoms with E-state index in [1.807, 2.05) is 36.4 Å². The number of carbonyl (C=O) groups excluding carboxylic acids is 9. The van der Waals surface area contributed by atoms with Crippen molar-refractivity contribution in [2.75, 3.05) is 19.6 Å². The van der Waals surface area contributed by atoms with Crippen molar-refractivity contribution in [3.8, 4) is 0 Å². The van der Waals surface area contributed by atoms with E-state index >= 15 is 0 Å². The maximum Gasteiger partial charge on any atom is 0.305 e. The Morgan fingerprint density at radius 1 is 0.567 bits per heavy atom. The lowest BCUT2D eigenvalue weighted by molar-refractivity contribution is -0.140. The number of primary amides is 1. The number of hydrogen-bond acceptors (Lipinski definition) is 14. The zero-order chi connectivity index (χ0) is 70.8. The first-order valence-electron chi connectivity index (χ1n) is 31.9. The summed E-state index contributed by atoms with van der Waals surface area (Å²) < 4.78 is 44.2. The minimum atomic E-state index is -4.54. The van der Waals surface area contributed by atoms with Crippen LogP contribution in [0.25, 0.3) is 21.7 Å². The van der Waals surface area contributed by atoms with E-state index in [1.54, 1.807) is 36.5 Å². The Hall–Kier alpha value is -9.34. The second kappa shape index (κ2) is 37.8. The van der Waals surface area contributed by atoms with E-state index in [9.17, 15) is 85.7 Å². The predicted molar refractivity (Wildman–Crippen MR) is 359 cm³/mol. The molecule has 1 aromatic heterocycles. The maximum absolute atomic E-state index is 14.7. The van der Waals surface area contributed by atoms with Gasteiger partial charge in [-0.15, -0.1) is 0 Å². The van der Waals surface area contributed by atoms with Gasteiger partial charge in [-0.25, -0.2) is 17.5 Å². The van der Waals surface area contributed by atoms with Crippen molar-refractivity contribution in [2.45, 2.75) is 139 Å². The van der Waals surface area contributed by atoms with Gasteiger partial charge in [-0.05, 0) is 128 Å². The van der Waals surface area contributed by atoms with E-state index in [0.717, 1.165) is 22.9 Å². The summed E-state index contributed by atoms with van der Waals surface area (Å²) in [6.07, 6.45) is -1.13. The molecule has 97 heavy (non-hydrogen) atoms. The van der Waals surface area contributed by atoms with Gasteiger partial charge in [-0.1, -0.05) is 89.4 Å². The van der Waals surface area contributed by atoms with Crippen LogP contribution in [0.5, 0.6) is 0 Å². The first-order chi connectivity index (χ1) is 46.1. The van der Waals surface area contributed by atoms with Crippen LogP contribution in [0.2, 0.25) is 0 Å². The fourth-order valence-electron chi connectivity index (χ4n) is 11.4. The van der Waals surface area contributed by atoms with Gasteiger partial charge in [0.05, 0.1) is 29.9 Å². The number of benzene rings is 5. The molecule has 24 nitrogen and oxygen atoms in total. The summed E-state index contributed by atoms with van der Waals surface area (Å²) in [5, 5.41) is 42.3. The number of halogens is 2. The lowest BCUT2D eigenvalue weighted by atomic mass is 9.89. The second-order valence-electron chi connectivity index (χ2n) is 24.2. The molecule has 0 aliphatic heterocycles. The smallest absolute Gasteiger partial charge is 0.305 e. The number of hydrogen-bond donors (Lipinski definition) is 10. The van der Waals surface area contributed by atoms with Crippen LogP contribution in [-0.2, 0) is 75.6 Å². The zero-order valence-corrected chi connectivity index (χ0v) is 56.0. The molecule has 0 bridgehead atoms. The highest BCUT2D eigenvalue weighted by atomic mass is 79.9. The number of unbranched alkanes of at least 4 members (excludes halogenated alkanes) is 3. The number of carboxylic acids is 3. The van der Waals surface area contributed by atoms with Crippen LogP contribution >= 0.6 is 15.9 Å². The third kappa shape index (κ3) is 25.3. The largest absolute Gasteiger partial charge is 0.481 e. The summed E-state index contributed by atoms with van der Waals surface area (Å²) in [5.74, 6) is -15.9. The highest BCUT2D eigenvalue weighted by Gasteiger charge is 2.35. The molecule has 0 aliphatic carbocycles. The quantitative estimate of drug-likeness (QED) is 0.0165. The van der Waals surface area contributed by atoms with E-state index < -0.39 is 162 Å². The van der Waals surface area contributed by atoms with Gasteiger partial charge in [-0.2, -0.15) is 0 Å². The van der Waals surface area contributed by atoms with Gasteiger partial charge in [-0.3, -0.25) is 57.5 Å². The summed E-state index contributed by atoms with van der Waals surface area (Å²) in [6.45, 7) is 1.10. The number of nitrogens with two attached hydrogens (primary N) is 1. The zero-order valence-electron chi connectivity index (χ0n) is 53.6. The number of carboxylic acid groups (broad SMARTS) is 3. The van der Waals surface area contributed by atoms with Crippen molar-refractivity contribution >= 4 is 118 Å². The number of aliphatic carboxylic acids is 3. The summed E-state index contributed by atoms with van der Waals surface area (Å²) in [5.41, 5.74) is 7.92. The fraction of sp³-hybridized carbons (Fsp3) is 0.400. The number of amides is 5. The SMILES string of the molecule is Cc1cc(Br)ccc1S(=O)(=O)N[C@H](CC(=O)O)C(=O)C[C@@H](CCC(=O)O)C(=O)NCC(=O)C[C@@H](Cc1cccc(F)c1)C(=O)N[C@@H](Cc1c[nH]c2ccccc12)C(=O)C[C@@H](CCC(=O)O)C(=O)NCCCCCC(=O)C[C@@H](CCCCNC(=O)c1ccc2ccccc2c1)C(N)=O. The molecule has 6 aromatic rings. The van der Waals surface area contributed by atoms with E-state index in [1.165, 1.54) is 37.3 Å². The lowest BCUT2D eigenvalue weighted by Crippen LogP contribution is -2.47. The van der Waals surface area contributed by atoms with Gasteiger partial charge in [0.2, 0.25) is 33.7 Å². The Labute approximate surface area is 568 Å². The Balaban J connectivity index is 1.07. The monoisotopic (exact) mass is 1420 g/mol. The molecule has 0 fully saturated rings. The van der Waals surface area contributed by atoms with E-state index in [-0.39, 0.29) is 66.4 Å². The Morgan fingerprint density at radius 3 is 1.88 bits per heavy atom. The highest BCUT2D eigenvalue weighted by molar-refractivity contribution is 9.10. The molecule has 6 rings (SSSR count). The van der Waals surface area contributed by atoms with Crippen LogP contribution in [0, 0.1) is 36.4 Å². The molecule has 11 N–H and O–H groups in total. The predicted octanol–water partition coefficient (Wildman–Crippen LogP) is 7.53. The average molecular weight is 1420 g/mol. The molecule has 1 heterocycles. The highest BCUT2D eigenvalue weighted by Crippen LogP contribution is 2.26. The molecular weight excluding hydrogens is 1340 g/mol. The molecular formula is C70H81BrFN7O17S. The number of aromatic amines is 1. The fourth-order valence-corrected chi connectivity index (χ4v) is 13.3. The van der Waals surface area contributed by atoms with Crippen LogP contribution in [0.3, 0.4) is 0 Å². The molecule has 6 atom stereocenters. The number of aryl methyl sites for hydroxylation is 1. The molecule has 0 aliphatic rings. The molecule has 0 saturated carbocycles. The molecule has 0 radical (unpaired) electrons. The number of carbonyl (C=O) groups is 12. The number of fused-ring (bicyclic) bond motifs is 2. The summed E-state index contributed by atoms with van der Waals surface area (Å²) in [6, 6.07) is 26.1. The Bertz CT molecular complexity index is 3970.